The van der Waals surface area contributed by atoms with Gasteiger partial charge in [-0.1, -0.05) is 17.7 Å². The third kappa shape index (κ3) is 4.10. The van der Waals surface area contributed by atoms with Crippen LogP contribution in [0.1, 0.15) is 15.9 Å². The fourth-order valence-corrected chi connectivity index (χ4v) is 1.98. The molecule has 0 unspecified atom stereocenters. The largest absolute Gasteiger partial charge is 0.497 e. The van der Waals surface area contributed by atoms with E-state index in [2.05, 4.69) is 5.32 Å². The van der Waals surface area contributed by atoms with Crippen LogP contribution in [0.4, 0.5) is 5.69 Å². The maximum Gasteiger partial charge on any atom is 0.187 e. The number of methoxy groups -OCH3 is 1. The van der Waals surface area contributed by atoms with Gasteiger partial charge in [0, 0.05) is 28.5 Å². The van der Waals surface area contributed by atoms with Gasteiger partial charge in [-0.15, -0.1) is 0 Å². The monoisotopic (exact) mass is 301 g/mol. The summed E-state index contributed by atoms with van der Waals surface area (Å²) in [7, 11) is 1.59. The van der Waals surface area contributed by atoms with Crippen LogP contribution in [-0.2, 0) is 0 Å². The summed E-state index contributed by atoms with van der Waals surface area (Å²) < 4.78 is 5.06. The number of hydrogen-bond acceptors (Lipinski definition) is 3. The van der Waals surface area contributed by atoms with Crippen molar-refractivity contribution in [1.82, 2.24) is 0 Å². The van der Waals surface area contributed by atoms with Crippen molar-refractivity contribution in [1.29, 1.82) is 0 Å². The van der Waals surface area contributed by atoms with Gasteiger partial charge in [0.15, 0.2) is 5.78 Å². The summed E-state index contributed by atoms with van der Waals surface area (Å²) in [5.41, 5.74) is 2.54. The average molecular weight is 302 g/mol. The van der Waals surface area contributed by atoms with Crippen molar-refractivity contribution in [3.8, 4) is 5.75 Å². The second-order valence-electron chi connectivity index (χ2n) is 4.53. The number of anilines is 1. The Hall–Kier alpha value is -2.26. The molecule has 0 radical (unpaired) electrons. The Morgan fingerprint density at radius 3 is 2.57 bits per heavy atom. The third-order valence-corrected chi connectivity index (χ3v) is 3.28. The highest BCUT2D eigenvalue weighted by Gasteiger charge is 2.02. The van der Waals surface area contributed by atoms with Gasteiger partial charge in [-0.3, -0.25) is 4.79 Å². The number of rotatable bonds is 5. The number of carbonyl (C=O) groups is 1. The number of ketones is 1. The Balaban J connectivity index is 2.03. The predicted molar refractivity (Wildman–Crippen MR) is 86.3 cm³/mol. The number of hydrogen-bond donors (Lipinski definition) is 1. The molecule has 0 saturated heterocycles. The average Bonchev–Trinajstić information content (AvgIpc) is 2.50. The first-order valence-electron chi connectivity index (χ1n) is 6.48. The van der Waals surface area contributed by atoms with Crippen molar-refractivity contribution in [2.75, 3.05) is 12.4 Å². The Morgan fingerprint density at radius 2 is 1.90 bits per heavy atom. The molecule has 0 aromatic heterocycles. The van der Waals surface area contributed by atoms with Gasteiger partial charge < -0.3 is 10.1 Å². The first-order valence-corrected chi connectivity index (χ1v) is 6.85. The molecule has 0 spiro atoms. The van der Waals surface area contributed by atoms with E-state index >= 15 is 0 Å². The molecule has 108 valence electrons. The molecule has 0 aliphatic carbocycles. The molecule has 1 N–H and O–H groups in total. The van der Waals surface area contributed by atoms with Gasteiger partial charge in [-0.25, -0.2) is 0 Å². The summed E-state index contributed by atoms with van der Waals surface area (Å²) in [6.07, 6.45) is 3.10. The minimum absolute atomic E-state index is 0.0789. The van der Waals surface area contributed by atoms with Gasteiger partial charge in [0.25, 0.3) is 0 Å². The van der Waals surface area contributed by atoms with Crippen LogP contribution in [0, 0.1) is 6.92 Å². The Labute approximate surface area is 129 Å². The number of halogens is 1. The van der Waals surface area contributed by atoms with Crippen LogP contribution in [0.15, 0.2) is 54.7 Å². The summed E-state index contributed by atoms with van der Waals surface area (Å²) in [5, 5.41) is 3.72. The molecule has 3 nitrogen and oxygen atoms in total. The zero-order valence-electron chi connectivity index (χ0n) is 11.9. The van der Waals surface area contributed by atoms with Crippen LogP contribution in [0.3, 0.4) is 0 Å². The van der Waals surface area contributed by atoms with Crippen LogP contribution in [0.25, 0.3) is 0 Å². The van der Waals surface area contributed by atoms with Crippen LogP contribution >= 0.6 is 11.6 Å². The molecule has 2 aromatic rings. The lowest BCUT2D eigenvalue weighted by atomic mass is 10.1. The SMILES string of the molecule is COc1ccc(C(=O)/C=C/Nc2cc(Cl)ccc2C)cc1. The highest BCUT2D eigenvalue weighted by molar-refractivity contribution is 6.30. The molecule has 0 saturated carbocycles. The van der Waals surface area contributed by atoms with Gasteiger partial charge in [0.05, 0.1) is 7.11 Å². The van der Waals surface area contributed by atoms with E-state index in [1.54, 1.807) is 37.6 Å². The van der Waals surface area contributed by atoms with Crippen LogP contribution in [0.5, 0.6) is 5.75 Å². The smallest absolute Gasteiger partial charge is 0.187 e. The van der Waals surface area contributed by atoms with Crippen molar-refractivity contribution in [3.63, 3.8) is 0 Å². The topological polar surface area (TPSA) is 38.3 Å². The summed E-state index contributed by atoms with van der Waals surface area (Å²) in [6, 6.07) is 12.6. The minimum Gasteiger partial charge on any atom is -0.497 e. The van der Waals surface area contributed by atoms with E-state index in [1.807, 2.05) is 25.1 Å². The summed E-state index contributed by atoms with van der Waals surface area (Å²) in [5.74, 6) is 0.646. The van der Waals surface area contributed by atoms with Crippen molar-refractivity contribution in [3.05, 3.63) is 70.9 Å². The molecular weight excluding hydrogens is 286 g/mol. The molecule has 0 aliphatic heterocycles. The van der Waals surface area contributed by atoms with Crippen molar-refractivity contribution in [2.24, 2.45) is 0 Å². The van der Waals surface area contributed by atoms with Crippen molar-refractivity contribution < 1.29 is 9.53 Å². The Kier molecular flexibility index (Phi) is 5.01. The van der Waals surface area contributed by atoms with E-state index in [9.17, 15) is 4.79 Å². The molecule has 0 bridgehead atoms. The molecule has 0 aliphatic rings. The highest BCUT2D eigenvalue weighted by Crippen LogP contribution is 2.20. The number of nitrogens with one attached hydrogen (secondary N) is 1. The lowest BCUT2D eigenvalue weighted by Crippen LogP contribution is -1.97. The fourth-order valence-electron chi connectivity index (χ4n) is 1.81. The predicted octanol–water partition coefficient (Wildman–Crippen LogP) is 4.47. The van der Waals surface area contributed by atoms with Gasteiger partial charge >= 0.3 is 0 Å². The van der Waals surface area contributed by atoms with Crippen molar-refractivity contribution in [2.45, 2.75) is 6.92 Å². The molecular formula is C17H16ClNO2. The Bertz CT molecular complexity index is 663. The van der Waals surface area contributed by atoms with Crippen LogP contribution in [-0.4, -0.2) is 12.9 Å². The number of benzene rings is 2. The lowest BCUT2D eigenvalue weighted by Gasteiger charge is -2.05. The zero-order chi connectivity index (χ0) is 15.2. The van der Waals surface area contributed by atoms with E-state index in [4.69, 9.17) is 16.3 Å². The number of carbonyl (C=O) groups excluding carboxylic acids is 1. The van der Waals surface area contributed by atoms with Crippen molar-refractivity contribution >= 4 is 23.1 Å². The maximum atomic E-state index is 12.0. The van der Waals surface area contributed by atoms with Gasteiger partial charge in [-0.05, 0) is 48.9 Å². The molecule has 0 fully saturated rings. The number of allylic oxidation sites excluding steroid dienone is 1. The van der Waals surface area contributed by atoms with E-state index in [0.717, 1.165) is 17.0 Å². The summed E-state index contributed by atoms with van der Waals surface area (Å²) >= 11 is 5.94. The molecule has 21 heavy (non-hydrogen) atoms. The number of aryl methyl sites for hydroxylation is 1. The molecule has 0 amide bonds. The van der Waals surface area contributed by atoms with E-state index < -0.39 is 0 Å². The molecule has 2 aromatic carbocycles. The van der Waals surface area contributed by atoms with Gasteiger partial charge in [0.2, 0.25) is 0 Å². The zero-order valence-corrected chi connectivity index (χ0v) is 12.6. The molecule has 0 heterocycles. The molecule has 2 rings (SSSR count). The van der Waals surface area contributed by atoms with Gasteiger partial charge in [-0.2, -0.15) is 0 Å². The maximum absolute atomic E-state index is 12.0. The van der Waals surface area contributed by atoms with Crippen LogP contribution in [0.2, 0.25) is 5.02 Å². The standard InChI is InChI=1S/C17H16ClNO2/c1-12-3-6-14(18)11-16(12)19-10-9-17(20)13-4-7-15(21-2)8-5-13/h3-11,19H,1-2H3/b10-9+. The second kappa shape index (κ2) is 6.95. The van der Waals surface area contributed by atoms with E-state index in [1.165, 1.54) is 6.08 Å². The lowest BCUT2D eigenvalue weighted by molar-refractivity contribution is 0.104. The summed E-state index contributed by atoms with van der Waals surface area (Å²) in [4.78, 5) is 12.0. The van der Waals surface area contributed by atoms with E-state index in [0.29, 0.717) is 10.6 Å². The number of ether oxygens (including phenoxy) is 1. The normalized spacial score (nSPS) is 10.6. The Morgan fingerprint density at radius 1 is 1.19 bits per heavy atom. The second-order valence-corrected chi connectivity index (χ2v) is 4.97. The van der Waals surface area contributed by atoms with E-state index in [-0.39, 0.29) is 5.78 Å². The first-order chi connectivity index (χ1) is 10.1. The summed E-state index contributed by atoms with van der Waals surface area (Å²) in [6.45, 7) is 1.97. The van der Waals surface area contributed by atoms with Gasteiger partial charge in [0.1, 0.15) is 5.75 Å². The third-order valence-electron chi connectivity index (χ3n) is 3.05. The minimum atomic E-state index is -0.0789. The highest BCUT2D eigenvalue weighted by atomic mass is 35.5. The van der Waals surface area contributed by atoms with Crippen LogP contribution < -0.4 is 10.1 Å². The quantitative estimate of drug-likeness (QED) is 0.654. The first kappa shape index (κ1) is 15.1. The fraction of sp³-hybridized carbons (Fsp3) is 0.118. The molecule has 4 heteroatoms. The molecule has 0 atom stereocenters.